The molecule has 0 atom stereocenters. The van der Waals surface area contributed by atoms with Gasteiger partial charge in [-0.05, 0) is 30.2 Å². The number of hydrogen-bond acceptors (Lipinski definition) is 1. The highest BCUT2D eigenvalue weighted by Crippen LogP contribution is 2.35. The molecule has 2 aromatic rings. The second-order valence-corrected chi connectivity index (χ2v) is 4.68. The molecule has 1 nitrogen and oxygen atoms in total. The first-order valence-electron chi connectivity index (χ1n) is 5.46. The predicted molar refractivity (Wildman–Crippen MR) is 75.7 cm³/mol. The fraction of sp³-hybridized carbons (Fsp3) is 0.143. The van der Waals surface area contributed by atoms with Gasteiger partial charge in [-0.1, -0.05) is 48.3 Å². The Morgan fingerprint density at radius 1 is 1.00 bits per heavy atom. The van der Waals surface area contributed by atoms with E-state index in [9.17, 15) is 0 Å². The van der Waals surface area contributed by atoms with Crippen molar-refractivity contribution in [1.29, 1.82) is 0 Å². The van der Waals surface area contributed by atoms with E-state index in [-0.39, 0.29) is 0 Å². The first-order chi connectivity index (χ1) is 8.13. The molecular weight excluding hydrogens is 253 g/mol. The molecule has 0 aliphatic heterocycles. The van der Waals surface area contributed by atoms with E-state index in [1.807, 2.05) is 36.4 Å². The molecule has 0 fully saturated rings. The predicted octanol–water partition coefficient (Wildman–Crippen LogP) is 4.81. The van der Waals surface area contributed by atoms with Crippen molar-refractivity contribution >= 4 is 28.9 Å². The molecule has 0 aromatic heterocycles. The van der Waals surface area contributed by atoms with Crippen molar-refractivity contribution in [1.82, 2.24) is 0 Å². The van der Waals surface area contributed by atoms with Crippen LogP contribution in [-0.4, -0.2) is 0 Å². The van der Waals surface area contributed by atoms with E-state index in [0.717, 1.165) is 28.8 Å². The van der Waals surface area contributed by atoms with E-state index >= 15 is 0 Å². The highest BCUT2D eigenvalue weighted by Gasteiger charge is 2.10. The highest BCUT2D eigenvalue weighted by atomic mass is 35.5. The molecule has 88 valence electrons. The van der Waals surface area contributed by atoms with E-state index in [2.05, 4.69) is 6.92 Å². The van der Waals surface area contributed by atoms with Crippen LogP contribution in [0.4, 0.5) is 5.69 Å². The molecule has 0 aliphatic rings. The van der Waals surface area contributed by atoms with Crippen molar-refractivity contribution in [2.24, 2.45) is 0 Å². The zero-order valence-corrected chi connectivity index (χ0v) is 11.0. The third-order valence-electron chi connectivity index (χ3n) is 2.77. The van der Waals surface area contributed by atoms with Crippen molar-refractivity contribution in [3.05, 3.63) is 52.0 Å². The van der Waals surface area contributed by atoms with Gasteiger partial charge in [-0.2, -0.15) is 0 Å². The van der Waals surface area contributed by atoms with Crippen LogP contribution < -0.4 is 5.73 Å². The molecule has 2 N–H and O–H groups in total. The third kappa shape index (κ3) is 2.41. The molecule has 0 bridgehead atoms. The third-order valence-corrected chi connectivity index (χ3v) is 3.42. The van der Waals surface area contributed by atoms with Crippen LogP contribution in [0.15, 0.2) is 36.4 Å². The standard InChI is InChI=1S/C14H13Cl2N/c1-2-9-7-13(16)11(8-14(9)17)10-5-3-4-6-12(10)15/h3-8H,2,17H2,1H3. The van der Waals surface area contributed by atoms with Gasteiger partial charge in [0.15, 0.2) is 0 Å². The summed E-state index contributed by atoms with van der Waals surface area (Å²) in [5.74, 6) is 0. The van der Waals surface area contributed by atoms with Gasteiger partial charge in [0.05, 0.1) is 0 Å². The molecule has 0 spiro atoms. The molecule has 0 saturated heterocycles. The molecule has 0 heterocycles. The van der Waals surface area contributed by atoms with Gasteiger partial charge in [0.1, 0.15) is 0 Å². The van der Waals surface area contributed by atoms with E-state index in [1.54, 1.807) is 0 Å². The lowest BCUT2D eigenvalue weighted by Crippen LogP contribution is -1.94. The zero-order valence-electron chi connectivity index (χ0n) is 9.50. The summed E-state index contributed by atoms with van der Waals surface area (Å²) in [7, 11) is 0. The second kappa shape index (κ2) is 4.99. The Kier molecular flexibility index (Phi) is 3.60. The quantitative estimate of drug-likeness (QED) is 0.776. The summed E-state index contributed by atoms with van der Waals surface area (Å²) in [6.45, 7) is 2.05. The molecule has 0 unspecified atom stereocenters. The lowest BCUT2D eigenvalue weighted by molar-refractivity contribution is 1.14. The summed E-state index contributed by atoms with van der Waals surface area (Å²) in [4.78, 5) is 0. The van der Waals surface area contributed by atoms with Crippen LogP contribution in [-0.2, 0) is 6.42 Å². The van der Waals surface area contributed by atoms with E-state index in [1.165, 1.54) is 0 Å². The van der Waals surface area contributed by atoms with Crippen molar-refractivity contribution in [2.75, 3.05) is 5.73 Å². The monoisotopic (exact) mass is 265 g/mol. The summed E-state index contributed by atoms with van der Waals surface area (Å²) >= 11 is 12.4. The molecule has 0 aliphatic carbocycles. The molecule has 0 saturated carbocycles. The molecule has 0 amide bonds. The van der Waals surface area contributed by atoms with Gasteiger partial charge in [-0.3, -0.25) is 0 Å². The van der Waals surface area contributed by atoms with Crippen LogP contribution in [0.3, 0.4) is 0 Å². The van der Waals surface area contributed by atoms with Crippen LogP contribution in [0.5, 0.6) is 0 Å². The minimum Gasteiger partial charge on any atom is -0.398 e. The Morgan fingerprint density at radius 3 is 2.35 bits per heavy atom. The van der Waals surface area contributed by atoms with Gasteiger partial charge in [0, 0.05) is 26.9 Å². The topological polar surface area (TPSA) is 26.0 Å². The van der Waals surface area contributed by atoms with E-state index in [0.29, 0.717) is 10.0 Å². The van der Waals surface area contributed by atoms with Gasteiger partial charge < -0.3 is 5.73 Å². The lowest BCUT2D eigenvalue weighted by Gasteiger charge is -2.11. The first kappa shape index (κ1) is 12.3. The van der Waals surface area contributed by atoms with Crippen LogP contribution in [0.2, 0.25) is 10.0 Å². The highest BCUT2D eigenvalue weighted by molar-refractivity contribution is 6.36. The van der Waals surface area contributed by atoms with E-state index in [4.69, 9.17) is 28.9 Å². The second-order valence-electron chi connectivity index (χ2n) is 3.86. The molecule has 2 rings (SSSR count). The number of hydrogen-bond donors (Lipinski definition) is 1. The minimum absolute atomic E-state index is 0.679. The maximum absolute atomic E-state index is 6.27. The average Bonchev–Trinajstić information content (AvgIpc) is 2.32. The SMILES string of the molecule is CCc1cc(Cl)c(-c2ccccc2Cl)cc1N. The summed E-state index contributed by atoms with van der Waals surface area (Å²) in [5, 5.41) is 1.36. The normalized spacial score (nSPS) is 10.5. The largest absolute Gasteiger partial charge is 0.398 e. The molecule has 17 heavy (non-hydrogen) atoms. The maximum atomic E-state index is 6.27. The Labute approximate surface area is 111 Å². The molecule has 0 radical (unpaired) electrons. The average molecular weight is 266 g/mol. The first-order valence-corrected chi connectivity index (χ1v) is 6.22. The summed E-state index contributed by atoms with van der Waals surface area (Å²) < 4.78 is 0. The number of nitrogen functional groups attached to an aromatic ring is 1. The Bertz CT molecular complexity index is 550. The van der Waals surface area contributed by atoms with Gasteiger partial charge in [-0.25, -0.2) is 0 Å². The fourth-order valence-corrected chi connectivity index (χ4v) is 2.35. The van der Waals surface area contributed by atoms with Crippen molar-refractivity contribution in [3.8, 4) is 11.1 Å². The molecular formula is C14H13Cl2N. The van der Waals surface area contributed by atoms with Crippen molar-refractivity contribution in [3.63, 3.8) is 0 Å². The van der Waals surface area contributed by atoms with Crippen LogP contribution in [0, 0.1) is 0 Å². The van der Waals surface area contributed by atoms with Crippen LogP contribution in [0.1, 0.15) is 12.5 Å². The van der Waals surface area contributed by atoms with E-state index < -0.39 is 0 Å². The van der Waals surface area contributed by atoms with Crippen LogP contribution >= 0.6 is 23.2 Å². The maximum Gasteiger partial charge on any atom is 0.0489 e. The number of nitrogens with two attached hydrogens (primary N) is 1. The smallest absolute Gasteiger partial charge is 0.0489 e. The zero-order chi connectivity index (χ0) is 12.4. The van der Waals surface area contributed by atoms with Gasteiger partial charge in [0.2, 0.25) is 0 Å². The number of rotatable bonds is 2. The van der Waals surface area contributed by atoms with Gasteiger partial charge in [0.25, 0.3) is 0 Å². The minimum atomic E-state index is 0.679. The summed E-state index contributed by atoms with van der Waals surface area (Å²) in [5.41, 5.74) is 9.60. The number of aryl methyl sites for hydroxylation is 1. The lowest BCUT2D eigenvalue weighted by atomic mass is 10.0. The summed E-state index contributed by atoms with van der Waals surface area (Å²) in [6.07, 6.45) is 0.869. The molecule has 2 aromatic carbocycles. The molecule has 3 heteroatoms. The van der Waals surface area contributed by atoms with Crippen LogP contribution in [0.25, 0.3) is 11.1 Å². The van der Waals surface area contributed by atoms with Crippen molar-refractivity contribution < 1.29 is 0 Å². The van der Waals surface area contributed by atoms with Gasteiger partial charge in [-0.15, -0.1) is 0 Å². The Morgan fingerprint density at radius 2 is 1.71 bits per heavy atom. The number of benzene rings is 2. The number of halogens is 2. The van der Waals surface area contributed by atoms with Crippen molar-refractivity contribution in [2.45, 2.75) is 13.3 Å². The number of anilines is 1. The van der Waals surface area contributed by atoms with Gasteiger partial charge >= 0.3 is 0 Å². The summed E-state index contributed by atoms with van der Waals surface area (Å²) in [6, 6.07) is 11.4. The Balaban J connectivity index is 2.61. The Hall–Kier alpha value is -1.18. The fourth-order valence-electron chi connectivity index (χ4n) is 1.82.